The van der Waals surface area contributed by atoms with Crippen molar-refractivity contribution >= 4 is 39.1 Å². The molecule has 8 heteroatoms. The number of hydrogen-bond acceptors (Lipinski definition) is 5. The Morgan fingerprint density at radius 2 is 1.88 bits per heavy atom. The number of nitrogens with zero attached hydrogens (tertiary/aromatic N) is 2. The molecular weight excluding hydrogens is 388 g/mol. The van der Waals surface area contributed by atoms with Gasteiger partial charge in [0.05, 0.1) is 17.8 Å². The molecule has 0 radical (unpaired) electrons. The second-order valence-electron chi connectivity index (χ2n) is 5.04. The van der Waals surface area contributed by atoms with Crippen molar-refractivity contribution in [2.75, 3.05) is 6.54 Å². The number of halogens is 1. The van der Waals surface area contributed by atoms with Gasteiger partial charge >= 0.3 is 0 Å². The summed E-state index contributed by atoms with van der Waals surface area (Å²) in [4.78, 5) is 34.3. The molecule has 2 aromatic carbocycles. The van der Waals surface area contributed by atoms with Crippen molar-refractivity contribution in [1.82, 2.24) is 10.7 Å². The van der Waals surface area contributed by atoms with Gasteiger partial charge < -0.3 is 5.32 Å². The van der Waals surface area contributed by atoms with E-state index in [1.165, 1.54) is 0 Å². The highest BCUT2D eigenvalue weighted by molar-refractivity contribution is 9.10. The lowest BCUT2D eigenvalue weighted by Gasteiger charge is -2.06. The fourth-order valence-corrected chi connectivity index (χ4v) is 2.40. The molecule has 0 fully saturated rings. The second kappa shape index (κ2) is 8.84. The van der Waals surface area contributed by atoms with E-state index in [0.29, 0.717) is 21.3 Å². The lowest BCUT2D eigenvalue weighted by Crippen LogP contribution is -2.35. The highest BCUT2D eigenvalue weighted by atomic mass is 79.9. The predicted molar refractivity (Wildman–Crippen MR) is 98.7 cm³/mol. The molecule has 128 valence electrons. The number of hydrazone groups is 1. The summed E-state index contributed by atoms with van der Waals surface area (Å²) in [6.07, 6.45) is 0. The third-order valence-corrected chi connectivity index (χ3v) is 3.94. The molecule has 2 N–H and O–H groups in total. The van der Waals surface area contributed by atoms with Crippen molar-refractivity contribution in [3.05, 3.63) is 69.0 Å². The molecule has 0 saturated heterocycles. The van der Waals surface area contributed by atoms with Crippen LogP contribution in [0.15, 0.2) is 63.3 Å². The first-order valence-electron chi connectivity index (χ1n) is 7.31. The maximum Gasteiger partial charge on any atom is 0.259 e. The molecule has 2 rings (SSSR count). The number of carbonyl (C=O) groups excluding carboxylic acids is 2. The Labute approximate surface area is 152 Å². The van der Waals surface area contributed by atoms with Gasteiger partial charge in [-0.05, 0) is 57.9 Å². The molecule has 0 aliphatic heterocycles. The second-order valence-corrected chi connectivity index (χ2v) is 5.89. The predicted octanol–water partition coefficient (Wildman–Crippen LogP) is 3.12. The average molecular weight is 403 g/mol. The van der Waals surface area contributed by atoms with Crippen LogP contribution in [0, 0.1) is 4.91 Å². The lowest BCUT2D eigenvalue weighted by molar-refractivity contribution is -0.120. The Kier molecular flexibility index (Phi) is 6.53. The smallest absolute Gasteiger partial charge is 0.259 e. The van der Waals surface area contributed by atoms with Gasteiger partial charge in [-0.3, -0.25) is 9.59 Å². The van der Waals surface area contributed by atoms with Crippen LogP contribution in [0.4, 0.5) is 5.69 Å². The molecule has 7 nitrogen and oxygen atoms in total. The molecule has 0 aromatic heterocycles. The van der Waals surface area contributed by atoms with E-state index in [4.69, 9.17) is 0 Å². The van der Waals surface area contributed by atoms with Gasteiger partial charge in [-0.15, -0.1) is 4.91 Å². The molecule has 2 aromatic rings. The maximum atomic E-state index is 12.0. The van der Waals surface area contributed by atoms with E-state index in [-0.39, 0.29) is 18.1 Å². The van der Waals surface area contributed by atoms with Gasteiger partial charge in [0.2, 0.25) is 0 Å². The summed E-state index contributed by atoms with van der Waals surface area (Å²) in [6.45, 7) is 1.47. The zero-order valence-electron chi connectivity index (χ0n) is 13.3. The topological polar surface area (TPSA) is 100.0 Å². The number of nitroso groups, excluding NO2 is 1. The molecule has 0 unspecified atom stereocenters. The van der Waals surface area contributed by atoms with Gasteiger partial charge in [0, 0.05) is 4.47 Å². The molecule has 0 spiro atoms. The first-order chi connectivity index (χ1) is 12.0. The fourth-order valence-electron chi connectivity index (χ4n) is 1.94. The monoisotopic (exact) mass is 402 g/mol. The van der Waals surface area contributed by atoms with Crippen LogP contribution < -0.4 is 10.7 Å². The largest absolute Gasteiger partial charge is 0.343 e. The third kappa shape index (κ3) is 5.32. The van der Waals surface area contributed by atoms with Crippen LogP contribution in [-0.2, 0) is 4.79 Å². The van der Waals surface area contributed by atoms with E-state index in [9.17, 15) is 14.5 Å². The molecule has 0 bridgehead atoms. The number of benzene rings is 2. The highest BCUT2D eigenvalue weighted by Crippen LogP contribution is 2.15. The van der Waals surface area contributed by atoms with Crippen LogP contribution in [0.1, 0.15) is 22.8 Å². The number of nitrogens with one attached hydrogen (secondary N) is 2. The van der Waals surface area contributed by atoms with Crippen molar-refractivity contribution in [2.45, 2.75) is 6.92 Å². The van der Waals surface area contributed by atoms with Crippen molar-refractivity contribution in [3.63, 3.8) is 0 Å². The van der Waals surface area contributed by atoms with E-state index >= 15 is 0 Å². The molecule has 0 atom stereocenters. The minimum atomic E-state index is -0.468. The van der Waals surface area contributed by atoms with Crippen LogP contribution in [0.25, 0.3) is 0 Å². The van der Waals surface area contributed by atoms with Crippen LogP contribution in [0.5, 0.6) is 0 Å². The van der Waals surface area contributed by atoms with Crippen molar-refractivity contribution in [1.29, 1.82) is 0 Å². The normalized spacial score (nSPS) is 10.9. The van der Waals surface area contributed by atoms with Crippen LogP contribution >= 0.6 is 15.9 Å². The van der Waals surface area contributed by atoms with Crippen LogP contribution in [0.3, 0.4) is 0 Å². The number of rotatable bonds is 6. The first kappa shape index (κ1) is 18.5. The zero-order chi connectivity index (χ0) is 18.2. The summed E-state index contributed by atoms with van der Waals surface area (Å²) in [5.41, 5.74) is 4.24. The van der Waals surface area contributed by atoms with E-state index in [2.05, 4.69) is 37.0 Å². The summed E-state index contributed by atoms with van der Waals surface area (Å²) >= 11 is 3.28. The molecular formula is C17H15BrN4O3. The zero-order valence-corrected chi connectivity index (χ0v) is 14.9. The van der Waals surface area contributed by atoms with Crippen molar-refractivity contribution in [2.24, 2.45) is 10.3 Å². The highest BCUT2D eigenvalue weighted by Gasteiger charge is 2.10. The standard InChI is InChI=1S/C17H15BrN4O3/c1-11(12-5-4-6-13(9-12)22-25)20-21-16(23)10-19-17(24)14-7-2-3-8-15(14)18/h2-9H,10H2,1H3,(H,19,24)(H,21,23)/b20-11+. The summed E-state index contributed by atoms with van der Waals surface area (Å²) in [5.74, 6) is -0.836. The Morgan fingerprint density at radius 1 is 1.12 bits per heavy atom. The summed E-state index contributed by atoms with van der Waals surface area (Å²) in [7, 11) is 0. The Morgan fingerprint density at radius 3 is 2.60 bits per heavy atom. The molecule has 0 aliphatic carbocycles. The number of carbonyl (C=O) groups is 2. The van der Waals surface area contributed by atoms with Gasteiger partial charge in [0.15, 0.2) is 0 Å². The summed E-state index contributed by atoms with van der Waals surface area (Å²) < 4.78 is 0.644. The SMILES string of the molecule is C/C(=N\NC(=O)CNC(=O)c1ccccc1Br)c1cccc(N=O)c1. The van der Waals surface area contributed by atoms with E-state index in [0.717, 1.165) is 0 Å². The van der Waals surface area contributed by atoms with Gasteiger partial charge in [-0.2, -0.15) is 5.10 Å². The third-order valence-electron chi connectivity index (χ3n) is 3.25. The van der Waals surface area contributed by atoms with E-state index < -0.39 is 5.91 Å². The molecule has 25 heavy (non-hydrogen) atoms. The van der Waals surface area contributed by atoms with Gasteiger partial charge in [0.25, 0.3) is 11.8 Å². The Bertz CT molecular complexity index is 836. The quantitative estimate of drug-likeness (QED) is 0.440. The molecule has 0 aliphatic rings. The first-order valence-corrected chi connectivity index (χ1v) is 8.10. The number of hydrogen-bond donors (Lipinski definition) is 2. The van der Waals surface area contributed by atoms with Crippen LogP contribution in [0.2, 0.25) is 0 Å². The van der Waals surface area contributed by atoms with Gasteiger partial charge in [-0.25, -0.2) is 5.43 Å². The maximum absolute atomic E-state index is 12.0. The molecule has 0 heterocycles. The minimum absolute atomic E-state index is 0.215. The van der Waals surface area contributed by atoms with E-state index in [1.807, 2.05) is 0 Å². The summed E-state index contributed by atoms with van der Waals surface area (Å²) in [5, 5.41) is 9.32. The average Bonchev–Trinajstić information content (AvgIpc) is 2.64. The van der Waals surface area contributed by atoms with Gasteiger partial charge in [0.1, 0.15) is 5.69 Å². The fraction of sp³-hybridized carbons (Fsp3) is 0.118. The Hall–Kier alpha value is -2.87. The van der Waals surface area contributed by atoms with Crippen molar-refractivity contribution < 1.29 is 9.59 Å². The minimum Gasteiger partial charge on any atom is -0.343 e. The molecule has 2 amide bonds. The lowest BCUT2D eigenvalue weighted by atomic mass is 10.1. The Balaban J connectivity index is 1.90. The van der Waals surface area contributed by atoms with Crippen LogP contribution in [-0.4, -0.2) is 24.1 Å². The van der Waals surface area contributed by atoms with E-state index in [1.54, 1.807) is 55.5 Å². The van der Waals surface area contributed by atoms with Gasteiger partial charge in [-0.1, -0.05) is 24.3 Å². The summed E-state index contributed by atoms with van der Waals surface area (Å²) in [6, 6.07) is 13.5. The number of amides is 2. The van der Waals surface area contributed by atoms with Crippen molar-refractivity contribution in [3.8, 4) is 0 Å². The molecule has 0 saturated carbocycles.